The van der Waals surface area contributed by atoms with Gasteiger partial charge in [0.15, 0.2) is 0 Å². The number of hydrogen-bond donors (Lipinski definition) is 1. The maximum Gasteiger partial charge on any atom is 0.0801 e. The van der Waals surface area contributed by atoms with Crippen molar-refractivity contribution in [3.8, 4) is 0 Å². The number of nitrogens with two attached hydrogens (primary N) is 1. The number of nitrogens with zero attached hydrogens (tertiary/aromatic N) is 1. The average Bonchev–Trinajstić information content (AvgIpc) is 2.29. The van der Waals surface area contributed by atoms with Crippen LogP contribution in [-0.2, 0) is 11.2 Å². The standard InChI is InChI=1S/C14H22N2O/c1-14(2)11-16(9-10-17-14)13-6-4-3-5-12(13)7-8-15/h3-6H,7-11,15H2,1-2H3. The van der Waals surface area contributed by atoms with E-state index in [-0.39, 0.29) is 5.60 Å². The molecule has 0 unspecified atom stereocenters. The van der Waals surface area contributed by atoms with Crippen LogP contribution in [0, 0.1) is 0 Å². The highest BCUT2D eigenvalue weighted by atomic mass is 16.5. The monoisotopic (exact) mass is 234 g/mol. The van der Waals surface area contributed by atoms with Gasteiger partial charge in [-0.05, 0) is 38.4 Å². The second-order valence-corrected chi connectivity index (χ2v) is 5.20. The lowest BCUT2D eigenvalue weighted by Gasteiger charge is -2.40. The van der Waals surface area contributed by atoms with Crippen LogP contribution in [0.15, 0.2) is 24.3 Å². The Kier molecular flexibility index (Phi) is 3.69. The van der Waals surface area contributed by atoms with Crippen LogP contribution < -0.4 is 10.6 Å². The van der Waals surface area contributed by atoms with Gasteiger partial charge in [-0.1, -0.05) is 18.2 Å². The van der Waals surface area contributed by atoms with Gasteiger partial charge in [-0.3, -0.25) is 0 Å². The van der Waals surface area contributed by atoms with Crippen LogP contribution in [0.25, 0.3) is 0 Å². The Bertz CT molecular complexity index is 376. The van der Waals surface area contributed by atoms with Gasteiger partial charge < -0.3 is 15.4 Å². The lowest BCUT2D eigenvalue weighted by molar-refractivity contribution is -0.0277. The SMILES string of the molecule is CC1(C)CN(c2ccccc2CCN)CCO1. The molecule has 0 aliphatic carbocycles. The van der Waals surface area contributed by atoms with Gasteiger partial charge in [0.2, 0.25) is 0 Å². The maximum atomic E-state index is 5.75. The highest BCUT2D eigenvalue weighted by Crippen LogP contribution is 2.26. The zero-order valence-electron chi connectivity index (χ0n) is 10.8. The van der Waals surface area contributed by atoms with Gasteiger partial charge in [-0.15, -0.1) is 0 Å². The molecule has 0 radical (unpaired) electrons. The van der Waals surface area contributed by atoms with Crippen LogP contribution in [0.1, 0.15) is 19.4 Å². The molecular formula is C14H22N2O. The summed E-state index contributed by atoms with van der Waals surface area (Å²) in [6.45, 7) is 7.68. The zero-order chi connectivity index (χ0) is 12.3. The molecule has 1 saturated heterocycles. The van der Waals surface area contributed by atoms with Crippen molar-refractivity contribution >= 4 is 5.69 Å². The Balaban J connectivity index is 2.21. The summed E-state index contributed by atoms with van der Waals surface area (Å²) in [6.07, 6.45) is 0.938. The molecule has 3 nitrogen and oxygen atoms in total. The number of anilines is 1. The van der Waals surface area contributed by atoms with Crippen molar-refractivity contribution in [3.63, 3.8) is 0 Å². The van der Waals surface area contributed by atoms with E-state index in [2.05, 4.69) is 43.0 Å². The third-order valence-corrected chi connectivity index (χ3v) is 3.17. The molecule has 1 aliphatic heterocycles. The molecule has 1 aromatic carbocycles. The van der Waals surface area contributed by atoms with Gasteiger partial charge in [0, 0.05) is 18.8 Å². The fourth-order valence-electron chi connectivity index (χ4n) is 2.41. The summed E-state index contributed by atoms with van der Waals surface area (Å²) in [5, 5.41) is 0. The molecule has 1 aromatic rings. The highest BCUT2D eigenvalue weighted by molar-refractivity contribution is 5.54. The fourth-order valence-corrected chi connectivity index (χ4v) is 2.41. The molecule has 94 valence electrons. The van der Waals surface area contributed by atoms with E-state index in [0.717, 1.165) is 26.1 Å². The molecule has 2 rings (SSSR count). The van der Waals surface area contributed by atoms with Crippen LogP contribution in [-0.4, -0.2) is 31.8 Å². The van der Waals surface area contributed by atoms with E-state index >= 15 is 0 Å². The third-order valence-electron chi connectivity index (χ3n) is 3.17. The molecule has 17 heavy (non-hydrogen) atoms. The summed E-state index contributed by atoms with van der Waals surface area (Å²) in [5.41, 5.74) is 8.26. The Labute approximate surface area is 104 Å². The minimum atomic E-state index is -0.0614. The molecule has 1 heterocycles. The van der Waals surface area contributed by atoms with Crippen molar-refractivity contribution in [2.75, 3.05) is 31.1 Å². The van der Waals surface area contributed by atoms with Gasteiger partial charge in [-0.25, -0.2) is 0 Å². The van der Waals surface area contributed by atoms with Crippen LogP contribution >= 0.6 is 0 Å². The average molecular weight is 234 g/mol. The largest absolute Gasteiger partial charge is 0.372 e. The van der Waals surface area contributed by atoms with Crippen LogP contribution in [0.2, 0.25) is 0 Å². The Morgan fingerprint density at radius 3 is 2.82 bits per heavy atom. The van der Waals surface area contributed by atoms with Crippen LogP contribution in [0.5, 0.6) is 0 Å². The summed E-state index contributed by atoms with van der Waals surface area (Å²) in [5.74, 6) is 0. The fraction of sp³-hybridized carbons (Fsp3) is 0.571. The van der Waals surface area contributed by atoms with Crippen molar-refractivity contribution in [1.29, 1.82) is 0 Å². The predicted molar refractivity (Wildman–Crippen MR) is 71.4 cm³/mol. The normalized spacial score (nSPS) is 19.4. The Hall–Kier alpha value is -1.06. The molecule has 0 spiro atoms. The van der Waals surface area contributed by atoms with Gasteiger partial charge in [0.1, 0.15) is 0 Å². The Morgan fingerprint density at radius 1 is 1.35 bits per heavy atom. The second-order valence-electron chi connectivity index (χ2n) is 5.20. The van der Waals surface area contributed by atoms with E-state index < -0.39 is 0 Å². The van der Waals surface area contributed by atoms with Crippen molar-refractivity contribution in [3.05, 3.63) is 29.8 Å². The van der Waals surface area contributed by atoms with E-state index in [1.807, 2.05) is 0 Å². The van der Waals surface area contributed by atoms with E-state index in [4.69, 9.17) is 10.5 Å². The zero-order valence-corrected chi connectivity index (χ0v) is 10.8. The van der Waals surface area contributed by atoms with E-state index in [1.54, 1.807) is 0 Å². The summed E-state index contributed by atoms with van der Waals surface area (Å²) >= 11 is 0. The van der Waals surface area contributed by atoms with Gasteiger partial charge in [0.25, 0.3) is 0 Å². The van der Waals surface area contributed by atoms with Crippen molar-refractivity contribution in [1.82, 2.24) is 0 Å². The third kappa shape index (κ3) is 2.99. The summed E-state index contributed by atoms with van der Waals surface area (Å²) in [7, 11) is 0. The molecule has 2 N–H and O–H groups in total. The minimum absolute atomic E-state index is 0.0614. The van der Waals surface area contributed by atoms with Crippen LogP contribution in [0.4, 0.5) is 5.69 Å². The first kappa shape index (κ1) is 12.4. The molecule has 0 amide bonds. The lowest BCUT2D eigenvalue weighted by atomic mass is 10.0. The first-order valence-corrected chi connectivity index (χ1v) is 6.29. The number of para-hydroxylation sites is 1. The number of rotatable bonds is 3. The molecule has 1 fully saturated rings. The number of ether oxygens (including phenoxy) is 1. The summed E-state index contributed by atoms with van der Waals surface area (Å²) in [4.78, 5) is 2.41. The van der Waals surface area contributed by atoms with Crippen molar-refractivity contribution < 1.29 is 4.74 Å². The minimum Gasteiger partial charge on any atom is -0.372 e. The number of hydrogen-bond acceptors (Lipinski definition) is 3. The van der Waals surface area contributed by atoms with Gasteiger partial charge in [-0.2, -0.15) is 0 Å². The van der Waals surface area contributed by atoms with Crippen molar-refractivity contribution in [2.24, 2.45) is 5.73 Å². The highest BCUT2D eigenvalue weighted by Gasteiger charge is 2.27. The Morgan fingerprint density at radius 2 is 2.12 bits per heavy atom. The smallest absolute Gasteiger partial charge is 0.0801 e. The summed E-state index contributed by atoms with van der Waals surface area (Å²) < 4.78 is 5.75. The van der Waals surface area contributed by atoms with E-state index in [0.29, 0.717) is 6.54 Å². The van der Waals surface area contributed by atoms with Crippen molar-refractivity contribution in [2.45, 2.75) is 25.9 Å². The van der Waals surface area contributed by atoms with Gasteiger partial charge in [0.05, 0.1) is 12.2 Å². The van der Waals surface area contributed by atoms with E-state index in [1.165, 1.54) is 11.3 Å². The topological polar surface area (TPSA) is 38.5 Å². The molecule has 3 heteroatoms. The molecule has 0 atom stereocenters. The molecule has 0 aromatic heterocycles. The maximum absolute atomic E-state index is 5.75. The molecule has 0 saturated carbocycles. The molecule has 0 bridgehead atoms. The first-order chi connectivity index (χ1) is 8.12. The second kappa shape index (κ2) is 5.07. The van der Waals surface area contributed by atoms with Gasteiger partial charge >= 0.3 is 0 Å². The lowest BCUT2D eigenvalue weighted by Crippen LogP contribution is -2.48. The van der Waals surface area contributed by atoms with E-state index in [9.17, 15) is 0 Å². The quantitative estimate of drug-likeness (QED) is 0.866. The predicted octanol–water partition coefficient (Wildman–Crippen LogP) is 1.80. The molecular weight excluding hydrogens is 212 g/mol. The molecule has 1 aliphatic rings. The van der Waals surface area contributed by atoms with Crippen LogP contribution in [0.3, 0.4) is 0 Å². The first-order valence-electron chi connectivity index (χ1n) is 6.29. The number of benzene rings is 1. The summed E-state index contributed by atoms with van der Waals surface area (Å²) in [6, 6.07) is 8.54. The number of morpholine rings is 1.